The molecule has 0 radical (unpaired) electrons. The molecule has 0 saturated heterocycles. The largest absolute Gasteiger partial charge is 0.470 e. The SMILES string of the molecule is Cc1nc(OCC2CCCCC2CN)sc1C. The first-order chi connectivity index (χ1) is 8.20. The Labute approximate surface area is 107 Å². The molecule has 1 heterocycles. The Morgan fingerprint density at radius 3 is 2.59 bits per heavy atom. The van der Waals surface area contributed by atoms with Crippen molar-refractivity contribution in [2.24, 2.45) is 17.6 Å². The molecule has 0 spiro atoms. The van der Waals surface area contributed by atoms with Gasteiger partial charge in [0.2, 0.25) is 0 Å². The standard InChI is InChI=1S/C13H22N2OS/c1-9-10(2)17-13(15-9)16-8-12-6-4-3-5-11(12)7-14/h11-12H,3-8,14H2,1-2H3. The van der Waals surface area contributed by atoms with Crippen LogP contribution in [0.1, 0.15) is 36.3 Å². The van der Waals surface area contributed by atoms with Crippen LogP contribution in [0.25, 0.3) is 0 Å². The summed E-state index contributed by atoms with van der Waals surface area (Å²) in [5.41, 5.74) is 6.91. The Bertz CT molecular complexity index is 345. The third kappa shape index (κ3) is 3.19. The fourth-order valence-corrected chi connectivity index (χ4v) is 3.26. The molecule has 1 aromatic heterocycles. The molecule has 4 heteroatoms. The fourth-order valence-electron chi connectivity index (χ4n) is 2.50. The third-order valence-electron chi connectivity index (χ3n) is 3.80. The lowest BCUT2D eigenvalue weighted by Crippen LogP contribution is -2.30. The van der Waals surface area contributed by atoms with E-state index in [-0.39, 0.29) is 0 Å². The van der Waals surface area contributed by atoms with Crippen LogP contribution >= 0.6 is 11.3 Å². The molecule has 2 unspecified atom stereocenters. The van der Waals surface area contributed by atoms with Gasteiger partial charge in [0.15, 0.2) is 0 Å². The Morgan fingerprint density at radius 2 is 2.00 bits per heavy atom. The summed E-state index contributed by atoms with van der Waals surface area (Å²) in [6.45, 7) is 5.70. The van der Waals surface area contributed by atoms with Crippen LogP contribution in [-0.2, 0) is 0 Å². The summed E-state index contributed by atoms with van der Waals surface area (Å²) in [6, 6.07) is 0. The summed E-state index contributed by atoms with van der Waals surface area (Å²) >= 11 is 1.65. The van der Waals surface area contributed by atoms with Gasteiger partial charge in [0.1, 0.15) is 0 Å². The predicted molar refractivity (Wildman–Crippen MR) is 71.6 cm³/mol. The van der Waals surface area contributed by atoms with E-state index in [0.29, 0.717) is 11.8 Å². The molecule has 3 nitrogen and oxygen atoms in total. The summed E-state index contributed by atoms with van der Waals surface area (Å²) in [6.07, 6.45) is 5.17. The number of hydrogen-bond acceptors (Lipinski definition) is 4. The molecular formula is C13H22N2OS. The van der Waals surface area contributed by atoms with Gasteiger partial charge < -0.3 is 10.5 Å². The number of aromatic nitrogens is 1. The van der Waals surface area contributed by atoms with Gasteiger partial charge in [-0.3, -0.25) is 0 Å². The number of nitrogens with zero attached hydrogens (tertiary/aromatic N) is 1. The monoisotopic (exact) mass is 254 g/mol. The van der Waals surface area contributed by atoms with Crippen LogP contribution in [0.3, 0.4) is 0 Å². The quantitative estimate of drug-likeness (QED) is 0.898. The molecule has 1 aliphatic rings. The van der Waals surface area contributed by atoms with Crippen LogP contribution in [0.5, 0.6) is 5.19 Å². The molecule has 2 rings (SSSR count). The molecule has 96 valence electrons. The normalized spacial score (nSPS) is 24.9. The van der Waals surface area contributed by atoms with Crippen molar-refractivity contribution in [3.63, 3.8) is 0 Å². The second kappa shape index (κ2) is 5.83. The molecule has 0 amide bonds. The van der Waals surface area contributed by atoms with E-state index < -0.39 is 0 Å². The van der Waals surface area contributed by atoms with Crippen molar-refractivity contribution in [1.82, 2.24) is 4.98 Å². The van der Waals surface area contributed by atoms with Crippen molar-refractivity contribution in [2.75, 3.05) is 13.2 Å². The van der Waals surface area contributed by atoms with Crippen LogP contribution in [0.4, 0.5) is 0 Å². The average Bonchev–Trinajstić information content (AvgIpc) is 2.66. The highest BCUT2D eigenvalue weighted by Crippen LogP contribution is 2.31. The first-order valence-corrected chi connectivity index (χ1v) is 7.29. The zero-order valence-corrected chi connectivity index (χ0v) is 11.6. The molecule has 17 heavy (non-hydrogen) atoms. The van der Waals surface area contributed by atoms with Crippen LogP contribution in [0.15, 0.2) is 0 Å². The van der Waals surface area contributed by atoms with Gasteiger partial charge in [-0.15, -0.1) is 0 Å². The maximum absolute atomic E-state index is 5.83. The van der Waals surface area contributed by atoms with Gasteiger partial charge in [-0.1, -0.05) is 24.2 Å². The van der Waals surface area contributed by atoms with Crippen molar-refractivity contribution in [2.45, 2.75) is 39.5 Å². The van der Waals surface area contributed by atoms with Crippen LogP contribution in [0.2, 0.25) is 0 Å². The molecule has 0 bridgehead atoms. The summed E-state index contributed by atoms with van der Waals surface area (Å²) in [5, 5.41) is 0.821. The molecular weight excluding hydrogens is 232 g/mol. The van der Waals surface area contributed by atoms with Gasteiger partial charge in [-0.2, -0.15) is 0 Å². The minimum absolute atomic E-state index is 0.623. The van der Waals surface area contributed by atoms with E-state index in [4.69, 9.17) is 10.5 Å². The van der Waals surface area contributed by atoms with E-state index in [0.717, 1.165) is 24.0 Å². The zero-order valence-electron chi connectivity index (χ0n) is 10.7. The lowest BCUT2D eigenvalue weighted by atomic mass is 9.80. The second-order valence-corrected chi connectivity index (χ2v) is 6.14. The number of nitrogens with two attached hydrogens (primary N) is 1. The van der Waals surface area contributed by atoms with Crippen molar-refractivity contribution >= 4 is 11.3 Å². The van der Waals surface area contributed by atoms with Gasteiger partial charge in [-0.25, -0.2) is 4.98 Å². The zero-order chi connectivity index (χ0) is 12.3. The van der Waals surface area contributed by atoms with Gasteiger partial charge >= 0.3 is 0 Å². The highest BCUT2D eigenvalue weighted by molar-refractivity contribution is 7.13. The number of hydrogen-bond donors (Lipinski definition) is 1. The molecule has 0 aromatic carbocycles. The van der Waals surface area contributed by atoms with Gasteiger partial charge in [0.25, 0.3) is 5.19 Å². The minimum atomic E-state index is 0.623. The predicted octanol–water partition coefficient (Wildman–Crippen LogP) is 2.90. The van der Waals surface area contributed by atoms with Crippen molar-refractivity contribution in [1.29, 1.82) is 0 Å². The molecule has 1 saturated carbocycles. The van der Waals surface area contributed by atoms with Crippen LogP contribution < -0.4 is 10.5 Å². The van der Waals surface area contributed by atoms with Gasteiger partial charge in [0, 0.05) is 4.88 Å². The Balaban J connectivity index is 1.88. The first kappa shape index (κ1) is 12.8. The summed E-state index contributed by atoms with van der Waals surface area (Å²) in [4.78, 5) is 5.66. The molecule has 1 fully saturated rings. The Hall–Kier alpha value is -0.610. The van der Waals surface area contributed by atoms with Crippen molar-refractivity contribution in [3.8, 4) is 5.19 Å². The topological polar surface area (TPSA) is 48.1 Å². The first-order valence-electron chi connectivity index (χ1n) is 6.47. The molecule has 2 N–H and O–H groups in total. The van der Waals surface area contributed by atoms with Crippen molar-refractivity contribution in [3.05, 3.63) is 10.6 Å². The summed E-state index contributed by atoms with van der Waals surface area (Å²) < 4.78 is 5.83. The van der Waals surface area contributed by atoms with E-state index in [1.165, 1.54) is 30.6 Å². The minimum Gasteiger partial charge on any atom is -0.470 e. The fraction of sp³-hybridized carbons (Fsp3) is 0.769. The number of thiazole rings is 1. The molecule has 1 aliphatic carbocycles. The van der Waals surface area contributed by atoms with Crippen LogP contribution in [-0.4, -0.2) is 18.1 Å². The third-order valence-corrected chi connectivity index (χ3v) is 4.78. The van der Waals surface area contributed by atoms with E-state index in [2.05, 4.69) is 11.9 Å². The van der Waals surface area contributed by atoms with E-state index in [1.807, 2.05) is 6.92 Å². The lowest BCUT2D eigenvalue weighted by molar-refractivity contribution is 0.153. The molecule has 1 aromatic rings. The maximum Gasteiger partial charge on any atom is 0.273 e. The smallest absolute Gasteiger partial charge is 0.273 e. The number of rotatable bonds is 4. The highest BCUT2D eigenvalue weighted by atomic mass is 32.1. The van der Waals surface area contributed by atoms with Gasteiger partial charge in [-0.05, 0) is 45.1 Å². The Morgan fingerprint density at radius 1 is 1.29 bits per heavy atom. The van der Waals surface area contributed by atoms with E-state index in [9.17, 15) is 0 Å². The van der Waals surface area contributed by atoms with Crippen LogP contribution in [0, 0.1) is 25.7 Å². The van der Waals surface area contributed by atoms with Crippen molar-refractivity contribution < 1.29 is 4.74 Å². The summed E-state index contributed by atoms with van der Waals surface area (Å²) in [5.74, 6) is 1.27. The highest BCUT2D eigenvalue weighted by Gasteiger charge is 2.24. The summed E-state index contributed by atoms with van der Waals surface area (Å²) in [7, 11) is 0. The average molecular weight is 254 g/mol. The van der Waals surface area contributed by atoms with Gasteiger partial charge in [0.05, 0.1) is 12.3 Å². The van der Waals surface area contributed by atoms with E-state index >= 15 is 0 Å². The molecule has 0 aliphatic heterocycles. The Kier molecular flexibility index (Phi) is 4.40. The second-order valence-electron chi connectivity index (χ2n) is 4.97. The number of aryl methyl sites for hydroxylation is 2. The van der Waals surface area contributed by atoms with E-state index in [1.54, 1.807) is 11.3 Å². The lowest BCUT2D eigenvalue weighted by Gasteiger charge is -2.29. The maximum atomic E-state index is 5.83. The molecule has 2 atom stereocenters. The number of ether oxygens (including phenoxy) is 1.